The number of amides is 1. The minimum absolute atomic E-state index is 0.0596. The molecular formula is C17H24N2O2. The molecule has 3 unspecified atom stereocenters. The minimum Gasteiger partial charge on any atom is -0.378 e. The molecule has 2 N–H and O–H groups in total. The summed E-state index contributed by atoms with van der Waals surface area (Å²) in [5, 5.41) is 6.50. The monoisotopic (exact) mass is 288 g/mol. The molecule has 1 aromatic rings. The van der Waals surface area contributed by atoms with Crippen LogP contribution in [0.4, 0.5) is 0 Å². The first-order chi connectivity index (χ1) is 10.2. The van der Waals surface area contributed by atoms with E-state index < -0.39 is 0 Å². The molecule has 0 saturated carbocycles. The van der Waals surface area contributed by atoms with Gasteiger partial charge in [-0.25, -0.2) is 0 Å². The molecule has 1 amide bonds. The van der Waals surface area contributed by atoms with Crippen LogP contribution < -0.4 is 10.6 Å². The summed E-state index contributed by atoms with van der Waals surface area (Å²) < 4.78 is 5.73. The van der Waals surface area contributed by atoms with E-state index in [1.54, 1.807) is 0 Å². The van der Waals surface area contributed by atoms with Crippen molar-refractivity contribution in [2.45, 2.75) is 38.8 Å². The van der Waals surface area contributed by atoms with Gasteiger partial charge in [-0.2, -0.15) is 0 Å². The summed E-state index contributed by atoms with van der Waals surface area (Å²) in [4.78, 5) is 12.0. The zero-order valence-electron chi connectivity index (χ0n) is 12.8. The maximum absolute atomic E-state index is 12.0. The summed E-state index contributed by atoms with van der Waals surface area (Å²) in [7, 11) is 0. The number of benzene rings is 1. The predicted octanol–water partition coefficient (Wildman–Crippen LogP) is 2.05. The van der Waals surface area contributed by atoms with Gasteiger partial charge in [-0.3, -0.25) is 4.79 Å². The van der Waals surface area contributed by atoms with E-state index in [0.717, 1.165) is 43.7 Å². The first kappa shape index (κ1) is 14.5. The summed E-state index contributed by atoms with van der Waals surface area (Å²) >= 11 is 0. The van der Waals surface area contributed by atoms with Crippen molar-refractivity contribution in [1.82, 2.24) is 10.6 Å². The minimum atomic E-state index is 0.0596. The van der Waals surface area contributed by atoms with Crippen molar-refractivity contribution in [3.63, 3.8) is 0 Å². The van der Waals surface area contributed by atoms with Gasteiger partial charge in [-0.15, -0.1) is 0 Å². The number of nitrogens with one attached hydrogen (secondary N) is 2. The topological polar surface area (TPSA) is 50.4 Å². The Labute approximate surface area is 126 Å². The fourth-order valence-corrected chi connectivity index (χ4v) is 3.48. The van der Waals surface area contributed by atoms with Gasteiger partial charge in [-0.1, -0.05) is 19.1 Å². The third-order valence-electron chi connectivity index (χ3n) is 4.54. The Kier molecular flexibility index (Phi) is 4.27. The zero-order valence-corrected chi connectivity index (χ0v) is 12.8. The van der Waals surface area contributed by atoms with E-state index in [-0.39, 0.29) is 11.9 Å². The molecule has 0 aromatic heterocycles. The van der Waals surface area contributed by atoms with Crippen molar-refractivity contribution in [1.29, 1.82) is 0 Å². The molecule has 1 aromatic carbocycles. The van der Waals surface area contributed by atoms with Crippen LogP contribution in [-0.4, -0.2) is 31.7 Å². The lowest BCUT2D eigenvalue weighted by Gasteiger charge is -2.26. The third kappa shape index (κ3) is 2.97. The SMILES string of the molecule is CCNC(c1ccc2c(c1)C(=O)NCC2)C1COC(C)C1. The molecule has 0 bridgehead atoms. The Bertz CT molecular complexity index is 530. The number of hydrogen-bond acceptors (Lipinski definition) is 3. The van der Waals surface area contributed by atoms with Crippen molar-refractivity contribution in [2.75, 3.05) is 19.7 Å². The molecule has 114 valence electrons. The molecule has 1 fully saturated rings. The average Bonchev–Trinajstić information content (AvgIpc) is 2.91. The summed E-state index contributed by atoms with van der Waals surface area (Å²) in [6.07, 6.45) is 2.33. The summed E-state index contributed by atoms with van der Waals surface area (Å²) in [5.74, 6) is 0.536. The highest BCUT2D eigenvalue weighted by atomic mass is 16.5. The number of hydrogen-bond donors (Lipinski definition) is 2. The van der Waals surface area contributed by atoms with E-state index in [4.69, 9.17) is 4.74 Å². The molecule has 1 saturated heterocycles. The maximum atomic E-state index is 12.0. The van der Waals surface area contributed by atoms with Crippen LogP contribution in [0, 0.1) is 5.92 Å². The van der Waals surface area contributed by atoms with Gasteiger partial charge >= 0.3 is 0 Å². The first-order valence-corrected chi connectivity index (χ1v) is 7.95. The second-order valence-corrected chi connectivity index (χ2v) is 6.10. The second-order valence-electron chi connectivity index (χ2n) is 6.10. The van der Waals surface area contributed by atoms with Gasteiger partial charge in [0.2, 0.25) is 0 Å². The van der Waals surface area contributed by atoms with Gasteiger partial charge in [0.15, 0.2) is 0 Å². The first-order valence-electron chi connectivity index (χ1n) is 7.95. The lowest BCUT2D eigenvalue weighted by atomic mass is 9.88. The van der Waals surface area contributed by atoms with Crippen LogP contribution in [0.3, 0.4) is 0 Å². The van der Waals surface area contributed by atoms with E-state index in [2.05, 4.69) is 42.7 Å². The summed E-state index contributed by atoms with van der Waals surface area (Å²) in [6, 6.07) is 6.63. The predicted molar refractivity (Wildman–Crippen MR) is 82.4 cm³/mol. The summed E-state index contributed by atoms with van der Waals surface area (Å²) in [5.41, 5.74) is 3.21. The van der Waals surface area contributed by atoms with Crippen molar-refractivity contribution in [2.24, 2.45) is 5.92 Å². The van der Waals surface area contributed by atoms with Crippen LogP contribution in [0.1, 0.15) is 47.8 Å². The normalized spacial score (nSPS) is 26.3. The highest BCUT2D eigenvalue weighted by Gasteiger charge is 2.31. The van der Waals surface area contributed by atoms with E-state index in [1.807, 2.05) is 0 Å². The smallest absolute Gasteiger partial charge is 0.251 e. The molecule has 4 heteroatoms. The molecule has 2 heterocycles. The lowest BCUT2D eigenvalue weighted by molar-refractivity contribution is 0.0946. The molecule has 2 aliphatic heterocycles. The Morgan fingerprint density at radius 1 is 1.48 bits per heavy atom. The largest absolute Gasteiger partial charge is 0.378 e. The average molecular weight is 288 g/mol. The zero-order chi connectivity index (χ0) is 14.8. The number of rotatable bonds is 4. The molecular weight excluding hydrogens is 264 g/mol. The van der Waals surface area contributed by atoms with Gasteiger partial charge in [-0.05, 0) is 43.5 Å². The molecule has 4 nitrogen and oxygen atoms in total. The van der Waals surface area contributed by atoms with E-state index in [0.29, 0.717) is 12.0 Å². The number of ether oxygens (including phenoxy) is 1. The van der Waals surface area contributed by atoms with E-state index in [1.165, 1.54) is 5.56 Å². The van der Waals surface area contributed by atoms with Gasteiger partial charge < -0.3 is 15.4 Å². The standard InChI is InChI=1S/C17H24N2O2/c1-3-18-16(14-8-11(2)21-10-14)13-5-4-12-6-7-19-17(20)15(12)9-13/h4-5,9,11,14,16,18H,3,6-8,10H2,1-2H3,(H,19,20). The van der Waals surface area contributed by atoms with Crippen LogP contribution in [0.2, 0.25) is 0 Å². The molecule has 21 heavy (non-hydrogen) atoms. The lowest BCUT2D eigenvalue weighted by Crippen LogP contribution is -2.33. The highest BCUT2D eigenvalue weighted by molar-refractivity contribution is 5.96. The van der Waals surface area contributed by atoms with Gasteiger partial charge in [0.25, 0.3) is 5.91 Å². The Morgan fingerprint density at radius 3 is 3.05 bits per heavy atom. The number of fused-ring (bicyclic) bond motifs is 1. The molecule has 2 aliphatic rings. The summed E-state index contributed by atoms with van der Waals surface area (Å²) in [6.45, 7) is 6.71. The van der Waals surface area contributed by atoms with Gasteiger partial charge in [0.05, 0.1) is 12.7 Å². The van der Waals surface area contributed by atoms with Crippen LogP contribution in [0.25, 0.3) is 0 Å². The quantitative estimate of drug-likeness (QED) is 0.891. The molecule has 3 atom stereocenters. The Morgan fingerprint density at radius 2 is 2.33 bits per heavy atom. The van der Waals surface area contributed by atoms with Crippen LogP contribution in [0.15, 0.2) is 18.2 Å². The molecule has 3 rings (SSSR count). The molecule has 0 aliphatic carbocycles. The number of carbonyl (C=O) groups excluding carboxylic acids is 1. The van der Waals surface area contributed by atoms with Gasteiger partial charge in [0.1, 0.15) is 0 Å². The van der Waals surface area contributed by atoms with Crippen molar-refractivity contribution in [3.05, 3.63) is 34.9 Å². The van der Waals surface area contributed by atoms with E-state index in [9.17, 15) is 4.79 Å². The van der Waals surface area contributed by atoms with E-state index >= 15 is 0 Å². The maximum Gasteiger partial charge on any atom is 0.251 e. The Balaban J connectivity index is 1.89. The van der Waals surface area contributed by atoms with Crippen molar-refractivity contribution in [3.8, 4) is 0 Å². The van der Waals surface area contributed by atoms with Gasteiger partial charge in [0, 0.05) is 24.1 Å². The number of carbonyl (C=O) groups is 1. The molecule has 0 spiro atoms. The van der Waals surface area contributed by atoms with Crippen LogP contribution in [0.5, 0.6) is 0 Å². The fraction of sp³-hybridized carbons (Fsp3) is 0.588. The van der Waals surface area contributed by atoms with Crippen molar-refractivity contribution < 1.29 is 9.53 Å². The molecule has 0 radical (unpaired) electrons. The fourth-order valence-electron chi connectivity index (χ4n) is 3.48. The second kappa shape index (κ2) is 6.16. The highest BCUT2D eigenvalue weighted by Crippen LogP contribution is 2.32. The van der Waals surface area contributed by atoms with Crippen LogP contribution >= 0.6 is 0 Å². The third-order valence-corrected chi connectivity index (χ3v) is 4.54. The Hall–Kier alpha value is -1.39. The van der Waals surface area contributed by atoms with Crippen LogP contribution in [-0.2, 0) is 11.2 Å². The van der Waals surface area contributed by atoms with Crippen molar-refractivity contribution >= 4 is 5.91 Å².